The molecule has 5 heteroatoms. The third kappa shape index (κ3) is 3.12. The maximum atomic E-state index is 12.1. The number of anilines is 2. The topological polar surface area (TPSA) is 41.6 Å². The Balaban J connectivity index is 1.41. The van der Waals surface area contributed by atoms with Gasteiger partial charge >= 0.3 is 0 Å². The van der Waals surface area contributed by atoms with Gasteiger partial charge in [0.05, 0.1) is 12.5 Å². The number of fused-ring (bicyclic) bond motifs is 1. The second-order valence-electron chi connectivity index (χ2n) is 6.14. The molecule has 2 aliphatic heterocycles. The summed E-state index contributed by atoms with van der Waals surface area (Å²) in [5.74, 6) is 0.0601. The SMILES string of the molecule is O=C(Nc1ccc(N2CCc3sccc3C2)cc1)[C@@H]1CCOC1. The van der Waals surface area contributed by atoms with Crippen LogP contribution in [-0.2, 0) is 22.5 Å². The monoisotopic (exact) mass is 328 g/mol. The number of carbonyl (C=O) groups is 1. The summed E-state index contributed by atoms with van der Waals surface area (Å²) in [4.78, 5) is 16.0. The van der Waals surface area contributed by atoms with Crippen molar-refractivity contribution in [3.63, 3.8) is 0 Å². The molecule has 3 heterocycles. The lowest BCUT2D eigenvalue weighted by atomic mass is 10.1. The molecule has 1 N–H and O–H groups in total. The molecule has 1 aromatic heterocycles. The van der Waals surface area contributed by atoms with Gasteiger partial charge in [-0.2, -0.15) is 0 Å². The second-order valence-corrected chi connectivity index (χ2v) is 7.14. The summed E-state index contributed by atoms with van der Waals surface area (Å²) in [6.07, 6.45) is 1.94. The Morgan fingerprint density at radius 2 is 2.13 bits per heavy atom. The Labute approximate surface area is 140 Å². The molecule has 23 heavy (non-hydrogen) atoms. The largest absolute Gasteiger partial charge is 0.381 e. The van der Waals surface area contributed by atoms with Gasteiger partial charge in [0.1, 0.15) is 0 Å². The molecule has 0 bridgehead atoms. The van der Waals surface area contributed by atoms with Gasteiger partial charge in [-0.1, -0.05) is 0 Å². The first kappa shape index (κ1) is 14.7. The number of nitrogens with zero attached hydrogens (tertiary/aromatic N) is 1. The molecule has 2 aromatic rings. The quantitative estimate of drug-likeness (QED) is 0.940. The van der Waals surface area contributed by atoms with E-state index in [-0.39, 0.29) is 11.8 Å². The Morgan fingerprint density at radius 1 is 1.26 bits per heavy atom. The summed E-state index contributed by atoms with van der Waals surface area (Å²) in [7, 11) is 0. The molecule has 1 atom stereocenters. The fourth-order valence-corrected chi connectivity index (χ4v) is 4.10. The van der Waals surface area contributed by atoms with E-state index in [0.717, 1.165) is 31.6 Å². The lowest BCUT2D eigenvalue weighted by molar-refractivity contribution is -0.119. The molecule has 120 valence electrons. The molecule has 4 nitrogen and oxygen atoms in total. The highest BCUT2D eigenvalue weighted by Gasteiger charge is 2.23. The summed E-state index contributed by atoms with van der Waals surface area (Å²) in [6, 6.07) is 10.4. The molecule has 1 fully saturated rings. The number of thiophene rings is 1. The third-order valence-corrected chi connectivity index (χ3v) is 5.63. The summed E-state index contributed by atoms with van der Waals surface area (Å²) in [5, 5.41) is 5.17. The van der Waals surface area contributed by atoms with Crippen molar-refractivity contribution < 1.29 is 9.53 Å². The summed E-state index contributed by atoms with van der Waals surface area (Å²) in [6.45, 7) is 3.26. The molecule has 1 aromatic carbocycles. The first-order valence-electron chi connectivity index (χ1n) is 8.08. The van der Waals surface area contributed by atoms with Crippen molar-refractivity contribution in [2.75, 3.05) is 30.0 Å². The van der Waals surface area contributed by atoms with Gasteiger partial charge in [-0.15, -0.1) is 11.3 Å². The molecular formula is C18H20N2O2S. The van der Waals surface area contributed by atoms with Gasteiger partial charge in [-0.05, 0) is 54.1 Å². The first-order valence-corrected chi connectivity index (χ1v) is 8.96. The van der Waals surface area contributed by atoms with E-state index in [1.807, 2.05) is 23.5 Å². The van der Waals surface area contributed by atoms with E-state index in [4.69, 9.17) is 4.74 Å². The highest BCUT2D eigenvalue weighted by molar-refractivity contribution is 7.10. The van der Waals surface area contributed by atoms with Crippen molar-refractivity contribution in [2.45, 2.75) is 19.4 Å². The number of amides is 1. The van der Waals surface area contributed by atoms with Crippen molar-refractivity contribution >= 4 is 28.6 Å². The maximum absolute atomic E-state index is 12.1. The molecule has 0 saturated carbocycles. The van der Waals surface area contributed by atoms with Gasteiger partial charge in [0.15, 0.2) is 0 Å². The van der Waals surface area contributed by atoms with E-state index in [2.05, 4.69) is 33.8 Å². The van der Waals surface area contributed by atoms with Crippen LogP contribution in [-0.4, -0.2) is 25.7 Å². The number of rotatable bonds is 3. The van der Waals surface area contributed by atoms with E-state index < -0.39 is 0 Å². The average molecular weight is 328 g/mol. The smallest absolute Gasteiger partial charge is 0.229 e. The lowest BCUT2D eigenvalue weighted by Gasteiger charge is -2.29. The summed E-state index contributed by atoms with van der Waals surface area (Å²) < 4.78 is 5.27. The van der Waals surface area contributed by atoms with Gasteiger partial charge in [-0.3, -0.25) is 4.79 Å². The van der Waals surface area contributed by atoms with Crippen LogP contribution in [0.3, 0.4) is 0 Å². The number of nitrogens with one attached hydrogen (secondary N) is 1. The van der Waals surface area contributed by atoms with Gasteiger partial charge in [0.25, 0.3) is 0 Å². The van der Waals surface area contributed by atoms with Crippen molar-refractivity contribution in [3.05, 3.63) is 46.2 Å². The Bertz CT molecular complexity index is 689. The summed E-state index contributed by atoms with van der Waals surface area (Å²) >= 11 is 1.86. The van der Waals surface area contributed by atoms with Gasteiger partial charge < -0.3 is 15.0 Å². The Hall–Kier alpha value is -1.85. The fourth-order valence-electron chi connectivity index (χ4n) is 3.21. The van der Waals surface area contributed by atoms with Crippen LogP contribution in [0.2, 0.25) is 0 Å². The van der Waals surface area contributed by atoms with Gasteiger partial charge in [0, 0.05) is 35.9 Å². The van der Waals surface area contributed by atoms with E-state index in [1.54, 1.807) is 0 Å². The standard InChI is InChI=1S/C18H20N2O2S/c21-18(14-6-9-22-12-14)19-15-1-3-16(4-2-15)20-8-5-17-13(11-20)7-10-23-17/h1-4,7,10,14H,5-6,8-9,11-12H2,(H,19,21)/t14-/m1/s1. The van der Waals surface area contributed by atoms with Crippen molar-refractivity contribution in [2.24, 2.45) is 5.92 Å². The molecule has 0 aliphatic carbocycles. The number of benzene rings is 1. The predicted octanol–water partition coefficient (Wildman–Crippen LogP) is 3.29. The van der Waals surface area contributed by atoms with Crippen LogP contribution in [0.4, 0.5) is 11.4 Å². The van der Waals surface area contributed by atoms with Crippen LogP contribution in [0, 0.1) is 5.92 Å². The van der Waals surface area contributed by atoms with Crippen LogP contribution in [0.5, 0.6) is 0 Å². The molecule has 1 amide bonds. The van der Waals surface area contributed by atoms with Crippen LogP contribution in [0.25, 0.3) is 0 Å². The Morgan fingerprint density at radius 3 is 2.91 bits per heavy atom. The predicted molar refractivity (Wildman–Crippen MR) is 93.1 cm³/mol. The number of hydrogen-bond acceptors (Lipinski definition) is 4. The molecule has 0 spiro atoms. The fraction of sp³-hybridized carbons (Fsp3) is 0.389. The van der Waals surface area contributed by atoms with Crippen LogP contribution >= 0.6 is 11.3 Å². The van der Waals surface area contributed by atoms with Crippen LogP contribution < -0.4 is 10.2 Å². The second kappa shape index (κ2) is 6.34. The molecular weight excluding hydrogens is 308 g/mol. The highest BCUT2D eigenvalue weighted by atomic mass is 32.1. The molecule has 2 aliphatic rings. The lowest BCUT2D eigenvalue weighted by Crippen LogP contribution is -2.29. The zero-order chi connectivity index (χ0) is 15.6. The zero-order valence-electron chi connectivity index (χ0n) is 13.0. The Kier molecular flexibility index (Phi) is 4.06. The van der Waals surface area contributed by atoms with E-state index in [0.29, 0.717) is 13.2 Å². The highest BCUT2D eigenvalue weighted by Crippen LogP contribution is 2.28. The summed E-state index contributed by atoms with van der Waals surface area (Å²) in [5.41, 5.74) is 3.52. The number of hydrogen-bond donors (Lipinski definition) is 1. The van der Waals surface area contributed by atoms with Gasteiger partial charge in [-0.25, -0.2) is 0 Å². The van der Waals surface area contributed by atoms with Crippen molar-refractivity contribution in [1.82, 2.24) is 0 Å². The zero-order valence-corrected chi connectivity index (χ0v) is 13.8. The van der Waals surface area contributed by atoms with Crippen LogP contribution in [0.15, 0.2) is 35.7 Å². The minimum absolute atomic E-state index is 0.00576. The maximum Gasteiger partial charge on any atom is 0.229 e. The van der Waals surface area contributed by atoms with Crippen molar-refractivity contribution in [1.29, 1.82) is 0 Å². The first-order chi connectivity index (χ1) is 11.3. The van der Waals surface area contributed by atoms with E-state index in [1.165, 1.54) is 16.1 Å². The number of carbonyl (C=O) groups excluding carboxylic acids is 1. The average Bonchev–Trinajstić information content (AvgIpc) is 3.26. The van der Waals surface area contributed by atoms with E-state index >= 15 is 0 Å². The molecule has 0 unspecified atom stereocenters. The molecule has 1 saturated heterocycles. The molecule has 0 radical (unpaired) electrons. The number of ether oxygens (including phenoxy) is 1. The minimum Gasteiger partial charge on any atom is -0.381 e. The minimum atomic E-state index is -0.00576. The van der Waals surface area contributed by atoms with Gasteiger partial charge in [0.2, 0.25) is 5.91 Å². The normalized spacial score (nSPS) is 20.3. The van der Waals surface area contributed by atoms with E-state index in [9.17, 15) is 4.79 Å². The third-order valence-electron chi connectivity index (χ3n) is 4.61. The van der Waals surface area contributed by atoms with Crippen molar-refractivity contribution in [3.8, 4) is 0 Å². The van der Waals surface area contributed by atoms with Crippen LogP contribution in [0.1, 0.15) is 16.9 Å². The molecule has 4 rings (SSSR count).